The van der Waals surface area contributed by atoms with Gasteiger partial charge in [-0.15, -0.1) is 12.4 Å². The second-order valence-electron chi connectivity index (χ2n) is 3.89. The van der Waals surface area contributed by atoms with E-state index < -0.39 is 0 Å². The Kier molecular flexibility index (Phi) is 5.80. The van der Waals surface area contributed by atoms with Crippen molar-refractivity contribution < 1.29 is 9.47 Å². The van der Waals surface area contributed by atoms with E-state index in [-0.39, 0.29) is 18.2 Å². The molecular formula is C14H16ClN3O2. The highest BCUT2D eigenvalue weighted by Crippen LogP contribution is 2.28. The van der Waals surface area contributed by atoms with E-state index >= 15 is 0 Å². The van der Waals surface area contributed by atoms with Crippen molar-refractivity contribution in [3.05, 3.63) is 53.9 Å². The molecule has 106 valence electrons. The largest absolute Gasteiger partial charge is 0.493 e. The van der Waals surface area contributed by atoms with Crippen LogP contribution in [0.5, 0.6) is 11.5 Å². The Morgan fingerprint density at radius 3 is 2.65 bits per heavy atom. The van der Waals surface area contributed by atoms with Crippen molar-refractivity contribution in [2.24, 2.45) is 5.73 Å². The molecule has 2 aromatic rings. The van der Waals surface area contributed by atoms with Gasteiger partial charge in [0.1, 0.15) is 12.4 Å². The number of amidine groups is 1. The van der Waals surface area contributed by atoms with Crippen LogP contribution in [0.2, 0.25) is 0 Å². The molecule has 5 nitrogen and oxygen atoms in total. The van der Waals surface area contributed by atoms with Gasteiger partial charge in [0.25, 0.3) is 0 Å². The minimum absolute atomic E-state index is 0. The van der Waals surface area contributed by atoms with Gasteiger partial charge in [-0.3, -0.25) is 10.4 Å². The van der Waals surface area contributed by atoms with Gasteiger partial charge in [0.2, 0.25) is 0 Å². The number of rotatable bonds is 5. The summed E-state index contributed by atoms with van der Waals surface area (Å²) in [6.45, 7) is 0.358. The molecule has 0 saturated heterocycles. The maximum atomic E-state index is 7.39. The number of nitrogen functional groups attached to an aromatic ring is 1. The zero-order valence-electron chi connectivity index (χ0n) is 11.0. The zero-order valence-corrected chi connectivity index (χ0v) is 11.8. The van der Waals surface area contributed by atoms with Crippen molar-refractivity contribution in [3.63, 3.8) is 0 Å². The number of nitrogens with one attached hydrogen (secondary N) is 1. The minimum Gasteiger partial charge on any atom is -0.493 e. The summed E-state index contributed by atoms with van der Waals surface area (Å²) < 4.78 is 10.9. The number of nitrogens with two attached hydrogens (primary N) is 1. The summed E-state index contributed by atoms with van der Waals surface area (Å²) in [5.41, 5.74) is 6.86. The van der Waals surface area contributed by atoms with Crippen LogP contribution >= 0.6 is 12.4 Å². The highest BCUT2D eigenvalue weighted by atomic mass is 35.5. The third-order valence-corrected chi connectivity index (χ3v) is 2.58. The molecule has 20 heavy (non-hydrogen) atoms. The second-order valence-corrected chi connectivity index (χ2v) is 3.89. The molecule has 0 spiro atoms. The standard InChI is InChI=1S/C14H15N3O2.ClH/c1-18-13-8-10(14(15)16)5-6-12(13)19-9-11-4-2-3-7-17-11;/h2-8H,9H2,1H3,(H3,15,16);1H. The van der Waals surface area contributed by atoms with Crippen molar-refractivity contribution in [1.29, 1.82) is 5.41 Å². The fourth-order valence-electron chi connectivity index (χ4n) is 1.59. The van der Waals surface area contributed by atoms with Crippen LogP contribution in [-0.2, 0) is 6.61 Å². The predicted octanol–water partition coefficient (Wildman–Crippen LogP) is 2.38. The van der Waals surface area contributed by atoms with E-state index in [1.54, 1.807) is 31.5 Å². The van der Waals surface area contributed by atoms with E-state index in [1.165, 1.54) is 0 Å². The van der Waals surface area contributed by atoms with E-state index in [4.69, 9.17) is 20.6 Å². The maximum absolute atomic E-state index is 7.39. The first kappa shape index (κ1) is 15.8. The molecule has 0 fully saturated rings. The van der Waals surface area contributed by atoms with Gasteiger partial charge in [-0.1, -0.05) is 6.07 Å². The molecule has 1 heterocycles. The van der Waals surface area contributed by atoms with Crippen molar-refractivity contribution >= 4 is 18.2 Å². The number of hydrogen-bond donors (Lipinski definition) is 2. The molecule has 1 aromatic carbocycles. The molecule has 0 amide bonds. The summed E-state index contributed by atoms with van der Waals surface area (Å²) in [4.78, 5) is 4.18. The highest BCUT2D eigenvalue weighted by Gasteiger charge is 2.07. The first-order valence-corrected chi connectivity index (χ1v) is 5.76. The lowest BCUT2D eigenvalue weighted by atomic mass is 10.2. The topological polar surface area (TPSA) is 81.2 Å². The van der Waals surface area contributed by atoms with Crippen LogP contribution in [0.15, 0.2) is 42.6 Å². The summed E-state index contributed by atoms with van der Waals surface area (Å²) in [5, 5.41) is 7.39. The van der Waals surface area contributed by atoms with Crippen LogP contribution in [0.25, 0.3) is 0 Å². The Morgan fingerprint density at radius 2 is 2.05 bits per heavy atom. The summed E-state index contributed by atoms with van der Waals surface area (Å²) in [6, 6.07) is 10.8. The van der Waals surface area contributed by atoms with Crippen molar-refractivity contribution in [3.8, 4) is 11.5 Å². The van der Waals surface area contributed by atoms with E-state index in [0.29, 0.717) is 23.7 Å². The second kappa shape index (κ2) is 7.35. The van der Waals surface area contributed by atoms with Crippen molar-refractivity contribution in [2.45, 2.75) is 6.61 Å². The maximum Gasteiger partial charge on any atom is 0.161 e. The highest BCUT2D eigenvalue weighted by molar-refractivity contribution is 5.95. The molecule has 0 unspecified atom stereocenters. The molecule has 0 atom stereocenters. The Hall–Kier alpha value is -2.27. The molecule has 6 heteroatoms. The normalized spacial score (nSPS) is 9.45. The van der Waals surface area contributed by atoms with Gasteiger partial charge < -0.3 is 15.2 Å². The molecule has 3 N–H and O–H groups in total. The molecule has 0 aliphatic heterocycles. The predicted molar refractivity (Wildman–Crippen MR) is 79.8 cm³/mol. The number of ether oxygens (including phenoxy) is 2. The molecule has 0 saturated carbocycles. The quantitative estimate of drug-likeness (QED) is 0.655. The summed E-state index contributed by atoms with van der Waals surface area (Å²) in [5.74, 6) is 1.14. The molecule has 1 aromatic heterocycles. The van der Waals surface area contributed by atoms with Crippen LogP contribution in [0.4, 0.5) is 0 Å². The fraction of sp³-hybridized carbons (Fsp3) is 0.143. The van der Waals surface area contributed by atoms with Crippen LogP contribution in [0.3, 0.4) is 0 Å². The lowest BCUT2D eigenvalue weighted by Gasteiger charge is -2.11. The van der Waals surface area contributed by atoms with Crippen molar-refractivity contribution in [2.75, 3.05) is 7.11 Å². The van der Waals surface area contributed by atoms with Crippen molar-refractivity contribution in [1.82, 2.24) is 4.98 Å². The lowest BCUT2D eigenvalue weighted by Crippen LogP contribution is -2.11. The van der Waals surface area contributed by atoms with Crippen LogP contribution < -0.4 is 15.2 Å². The fourth-order valence-corrected chi connectivity index (χ4v) is 1.59. The van der Waals surface area contributed by atoms with Gasteiger partial charge in [0, 0.05) is 11.8 Å². The number of nitrogens with zero attached hydrogens (tertiary/aromatic N) is 1. The average Bonchev–Trinajstić information content (AvgIpc) is 2.45. The first-order valence-electron chi connectivity index (χ1n) is 5.76. The summed E-state index contributed by atoms with van der Waals surface area (Å²) >= 11 is 0. The number of hydrogen-bond acceptors (Lipinski definition) is 4. The number of benzene rings is 1. The zero-order chi connectivity index (χ0) is 13.7. The van der Waals surface area contributed by atoms with Gasteiger partial charge in [0.05, 0.1) is 12.8 Å². The molecule has 0 radical (unpaired) electrons. The number of pyridine rings is 1. The molecule has 0 aliphatic rings. The van der Waals surface area contributed by atoms with Gasteiger partial charge >= 0.3 is 0 Å². The average molecular weight is 294 g/mol. The van der Waals surface area contributed by atoms with E-state index in [2.05, 4.69) is 4.98 Å². The monoisotopic (exact) mass is 293 g/mol. The lowest BCUT2D eigenvalue weighted by molar-refractivity contribution is 0.280. The number of halogens is 1. The minimum atomic E-state index is -0.00502. The molecule has 0 bridgehead atoms. The van der Waals surface area contributed by atoms with Gasteiger partial charge in [-0.05, 0) is 30.3 Å². The first-order chi connectivity index (χ1) is 9.20. The Labute approximate surface area is 123 Å². The van der Waals surface area contributed by atoms with Crippen LogP contribution in [0, 0.1) is 5.41 Å². The smallest absolute Gasteiger partial charge is 0.161 e. The van der Waals surface area contributed by atoms with E-state index in [1.807, 2.05) is 18.2 Å². The summed E-state index contributed by atoms with van der Waals surface area (Å²) in [7, 11) is 1.55. The number of methoxy groups -OCH3 is 1. The van der Waals surface area contributed by atoms with Crippen LogP contribution in [0.1, 0.15) is 11.3 Å². The van der Waals surface area contributed by atoms with Crippen LogP contribution in [-0.4, -0.2) is 17.9 Å². The van der Waals surface area contributed by atoms with Gasteiger partial charge in [-0.2, -0.15) is 0 Å². The SMILES string of the molecule is COc1cc(C(=N)N)ccc1OCc1ccccn1.Cl. The van der Waals surface area contributed by atoms with E-state index in [9.17, 15) is 0 Å². The Bertz CT molecular complexity index is 576. The Morgan fingerprint density at radius 1 is 1.25 bits per heavy atom. The molecule has 2 rings (SSSR count). The third kappa shape index (κ3) is 3.86. The van der Waals surface area contributed by atoms with Gasteiger partial charge in [-0.25, -0.2) is 0 Å². The van der Waals surface area contributed by atoms with E-state index in [0.717, 1.165) is 5.69 Å². The molecule has 0 aliphatic carbocycles. The summed E-state index contributed by atoms with van der Waals surface area (Å²) in [6.07, 6.45) is 1.72. The number of aromatic nitrogens is 1. The molecular weight excluding hydrogens is 278 g/mol. The van der Waals surface area contributed by atoms with Gasteiger partial charge in [0.15, 0.2) is 11.5 Å². The Balaban J connectivity index is 0.00000200. The third-order valence-electron chi connectivity index (χ3n) is 2.58.